The molecular formula is C15H30O3. The van der Waals surface area contributed by atoms with Crippen LogP contribution in [0.1, 0.15) is 53.4 Å². The molecular weight excluding hydrogens is 228 g/mol. The van der Waals surface area contributed by atoms with Crippen LogP contribution in [0.25, 0.3) is 0 Å². The molecule has 0 N–H and O–H groups in total. The molecule has 0 aliphatic carbocycles. The molecule has 0 amide bonds. The van der Waals surface area contributed by atoms with E-state index in [0.717, 1.165) is 12.8 Å². The number of hydrogen-bond donors (Lipinski definition) is 0. The number of methoxy groups -OCH3 is 2. The van der Waals surface area contributed by atoms with Crippen LogP contribution < -0.4 is 0 Å². The maximum Gasteiger partial charge on any atom is 0.138 e. The molecule has 2 atom stereocenters. The molecule has 0 rings (SSSR count). The highest BCUT2D eigenvalue weighted by Crippen LogP contribution is 2.16. The first-order valence-electron chi connectivity index (χ1n) is 6.96. The molecule has 2 unspecified atom stereocenters. The fourth-order valence-electron chi connectivity index (χ4n) is 2.17. The SMILES string of the molecule is COC(CC(=O)CC(CC(C)C)OC)CC(C)C. The van der Waals surface area contributed by atoms with Crippen LogP contribution in [0.5, 0.6) is 0 Å². The van der Waals surface area contributed by atoms with Gasteiger partial charge in [-0.2, -0.15) is 0 Å². The van der Waals surface area contributed by atoms with Crippen LogP contribution in [0.4, 0.5) is 0 Å². The van der Waals surface area contributed by atoms with Gasteiger partial charge in [0.05, 0.1) is 12.2 Å². The Morgan fingerprint density at radius 2 is 1.17 bits per heavy atom. The second-order valence-corrected chi connectivity index (χ2v) is 5.92. The van der Waals surface area contributed by atoms with E-state index in [4.69, 9.17) is 9.47 Å². The standard InChI is InChI=1S/C15H30O3/c1-11(2)7-14(17-5)9-13(16)10-15(18-6)8-12(3)4/h11-12,14-15H,7-10H2,1-6H3. The topological polar surface area (TPSA) is 35.5 Å². The summed E-state index contributed by atoms with van der Waals surface area (Å²) in [4.78, 5) is 12.0. The van der Waals surface area contributed by atoms with E-state index >= 15 is 0 Å². The summed E-state index contributed by atoms with van der Waals surface area (Å²) >= 11 is 0. The number of rotatable bonds is 10. The molecule has 3 heteroatoms. The van der Waals surface area contributed by atoms with Gasteiger partial charge < -0.3 is 9.47 Å². The van der Waals surface area contributed by atoms with E-state index < -0.39 is 0 Å². The van der Waals surface area contributed by atoms with Crippen LogP contribution in [0.3, 0.4) is 0 Å². The first-order valence-corrected chi connectivity index (χ1v) is 6.96. The van der Waals surface area contributed by atoms with Gasteiger partial charge in [-0.15, -0.1) is 0 Å². The lowest BCUT2D eigenvalue weighted by molar-refractivity contribution is -0.124. The van der Waals surface area contributed by atoms with Crippen molar-refractivity contribution in [1.82, 2.24) is 0 Å². The van der Waals surface area contributed by atoms with E-state index in [-0.39, 0.29) is 18.0 Å². The zero-order valence-electron chi connectivity index (χ0n) is 12.9. The first-order chi connectivity index (χ1) is 8.38. The minimum Gasteiger partial charge on any atom is -0.381 e. The van der Waals surface area contributed by atoms with Crippen molar-refractivity contribution < 1.29 is 14.3 Å². The molecule has 0 bridgehead atoms. The summed E-state index contributed by atoms with van der Waals surface area (Å²) in [6.45, 7) is 8.58. The van der Waals surface area contributed by atoms with Gasteiger partial charge in [0.25, 0.3) is 0 Å². The van der Waals surface area contributed by atoms with Crippen molar-refractivity contribution in [3.8, 4) is 0 Å². The number of ether oxygens (including phenoxy) is 2. The van der Waals surface area contributed by atoms with Gasteiger partial charge in [-0.05, 0) is 24.7 Å². The molecule has 18 heavy (non-hydrogen) atoms. The highest BCUT2D eigenvalue weighted by molar-refractivity contribution is 5.79. The van der Waals surface area contributed by atoms with E-state index in [1.807, 2.05) is 0 Å². The Hall–Kier alpha value is -0.410. The van der Waals surface area contributed by atoms with Gasteiger partial charge >= 0.3 is 0 Å². The first kappa shape index (κ1) is 17.6. The molecule has 0 aromatic carbocycles. The van der Waals surface area contributed by atoms with E-state index in [1.165, 1.54) is 0 Å². The summed E-state index contributed by atoms with van der Waals surface area (Å²) in [7, 11) is 3.37. The average Bonchev–Trinajstić information content (AvgIpc) is 2.25. The summed E-state index contributed by atoms with van der Waals surface area (Å²) in [5.74, 6) is 1.35. The number of Topliss-reactive ketones (excluding diaryl/α,β-unsaturated/α-hetero) is 1. The number of carbonyl (C=O) groups excluding carboxylic acids is 1. The molecule has 108 valence electrons. The summed E-state index contributed by atoms with van der Waals surface area (Å²) in [5.41, 5.74) is 0. The van der Waals surface area contributed by atoms with Crippen molar-refractivity contribution in [3.05, 3.63) is 0 Å². The molecule has 0 spiro atoms. The van der Waals surface area contributed by atoms with E-state index in [0.29, 0.717) is 24.7 Å². The quantitative estimate of drug-likeness (QED) is 0.602. The molecule has 0 fully saturated rings. The lowest BCUT2D eigenvalue weighted by Crippen LogP contribution is -2.23. The lowest BCUT2D eigenvalue weighted by Gasteiger charge is -2.20. The molecule has 0 saturated carbocycles. The zero-order valence-corrected chi connectivity index (χ0v) is 12.9. The van der Waals surface area contributed by atoms with E-state index in [1.54, 1.807) is 14.2 Å². The molecule has 0 saturated heterocycles. The smallest absolute Gasteiger partial charge is 0.138 e. The van der Waals surface area contributed by atoms with Crippen LogP contribution >= 0.6 is 0 Å². The molecule has 0 aliphatic heterocycles. The third kappa shape index (κ3) is 8.65. The Morgan fingerprint density at radius 1 is 0.833 bits per heavy atom. The minimum absolute atomic E-state index is 0.0501. The molecule has 3 nitrogen and oxygen atoms in total. The van der Waals surface area contributed by atoms with Crippen LogP contribution in [-0.2, 0) is 14.3 Å². The van der Waals surface area contributed by atoms with Crippen LogP contribution in [0.15, 0.2) is 0 Å². The highest BCUT2D eigenvalue weighted by atomic mass is 16.5. The van der Waals surface area contributed by atoms with Crippen LogP contribution in [-0.4, -0.2) is 32.2 Å². The largest absolute Gasteiger partial charge is 0.381 e. The molecule has 0 aromatic heterocycles. The third-order valence-corrected chi connectivity index (χ3v) is 3.05. The van der Waals surface area contributed by atoms with Crippen LogP contribution in [0.2, 0.25) is 0 Å². The van der Waals surface area contributed by atoms with Gasteiger partial charge in [0.1, 0.15) is 5.78 Å². The van der Waals surface area contributed by atoms with Gasteiger partial charge in [-0.3, -0.25) is 4.79 Å². The summed E-state index contributed by atoms with van der Waals surface area (Å²) in [6.07, 6.45) is 2.98. The van der Waals surface area contributed by atoms with E-state index in [9.17, 15) is 4.79 Å². The Morgan fingerprint density at radius 3 is 1.39 bits per heavy atom. The fraction of sp³-hybridized carbons (Fsp3) is 0.933. The Labute approximate surface area is 112 Å². The predicted molar refractivity (Wildman–Crippen MR) is 74.7 cm³/mol. The Balaban J connectivity index is 4.13. The van der Waals surface area contributed by atoms with Gasteiger partial charge in [-0.25, -0.2) is 0 Å². The molecule has 0 aromatic rings. The third-order valence-electron chi connectivity index (χ3n) is 3.05. The fourth-order valence-corrected chi connectivity index (χ4v) is 2.17. The maximum atomic E-state index is 12.0. The summed E-state index contributed by atoms with van der Waals surface area (Å²) < 4.78 is 10.7. The molecule has 0 heterocycles. The van der Waals surface area contributed by atoms with Gasteiger partial charge in [-0.1, -0.05) is 27.7 Å². The summed E-state index contributed by atoms with van der Waals surface area (Å²) in [5, 5.41) is 0. The summed E-state index contributed by atoms with van der Waals surface area (Å²) in [6, 6.07) is 0. The zero-order chi connectivity index (χ0) is 14.1. The van der Waals surface area contributed by atoms with Crippen molar-refractivity contribution in [3.63, 3.8) is 0 Å². The Bertz CT molecular complexity index is 202. The van der Waals surface area contributed by atoms with Crippen molar-refractivity contribution in [2.24, 2.45) is 11.8 Å². The van der Waals surface area contributed by atoms with Crippen molar-refractivity contribution in [2.45, 2.75) is 65.6 Å². The van der Waals surface area contributed by atoms with Crippen molar-refractivity contribution >= 4 is 5.78 Å². The predicted octanol–water partition coefficient (Wildman–Crippen LogP) is 3.46. The lowest BCUT2D eigenvalue weighted by atomic mass is 9.96. The number of carbonyl (C=O) groups is 1. The number of hydrogen-bond acceptors (Lipinski definition) is 3. The molecule has 0 radical (unpaired) electrons. The second-order valence-electron chi connectivity index (χ2n) is 5.92. The van der Waals surface area contributed by atoms with Gasteiger partial charge in [0.2, 0.25) is 0 Å². The monoisotopic (exact) mass is 258 g/mol. The highest BCUT2D eigenvalue weighted by Gasteiger charge is 2.19. The van der Waals surface area contributed by atoms with Gasteiger partial charge in [0, 0.05) is 27.1 Å². The van der Waals surface area contributed by atoms with E-state index in [2.05, 4.69) is 27.7 Å². The van der Waals surface area contributed by atoms with Crippen LogP contribution in [0, 0.1) is 11.8 Å². The minimum atomic E-state index is 0.0501. The van der Waals surface area contributed by atoms with Crippen molar-refractivity contribution in [2.75, 3.05) is 14.2 Å². The van der Waals surface area contributed by atoms with Crippen molar-refractivity contribution in [1.29, 1.82) is 0 Å². The van der Waals surface area contributed by atoms with Gasteiger partial charge in [0.15, 0.2) is 0 Å². The average molecular weight is 258 g/mol. The second kappa shape index (κ2) is 9.51. The Kier molecular flexibility index (Phi) is 9.29. The normalized spacial score (nSPS) is 15.1. The maximum absolute atomic E-state index is 12.0. The molecule has 0 aliphatic rings. The number of ketones is 1.